The van der Waals surface area contributed by atoms with E-state index in [4.69, 9.17) is 10.2 Å². The second-order valence-electron chi connectivity index (χ2n) is 6.20. The highest BCUT2D eigenvalue weighted by Crippen LogP contribution is 2.29. The van der Waals surface area contributed by atoms with E-state index in [1.807, 2.05) is 6.92 Å². The Kier molecular flexibility index (Phi) is 3.73. The van der Waals surface area contributed by atoms with Gasteiger partial charge in [0.1, 0.15) is 23.4 Å². The molecular weight excluding hydrogens is 302 g/mol. The summed E-state index contributed by atoms with van der Waals surface area (Å²) in [5, 5.41) is 8.99. The standard InChI is InChI=1S/C17H19N7/c1-12-20-15-4-2-3-14(15)16(21-12)23-7-9-24(10-8-23)17-19-6-5-13(11-18)22-17/h5-6H,2-4,7-10H2,1H3. The maximum atomic E-state index is 8.99. The van der Waals surface area contributed by atoms with Crippen LogP contribution in [0.25, 0.3) is 0 Å². The van der Waals surface area contributed by atoms with E-state index in [2.05, 4.69) is 30.8 Å². The maximum Gasteiger partial charge on any atom is 0.226 e. The van der Waals surface area contributed by atoms with E-state index in [9.17, 15) is 0 Å². The second kappa shape index (κ2) is 6.04. The number of nitriles is 1. The molecular formula is C17H19N7. The fraction of sp³-hybridized carbons (Fsp3) is 0.471. The zero-order chi connectivity index (χ0) is 16.5. The molecule has 7 nitrogen and oxygen atoms in total. The van der Waals surface area contributed by atoms with Crippen molar-refractivity contribution in [3.8, 4) is 6.07 Å². The zero-order valence-corrected chi connectivity index (χ0v) is 13.7. The second-order valence-corrected chi connectivity index (χ2v) is 6.20. The molecule has 2 aromatic heterocycles. The van der Waals surface area contributed by atoms with Crippen LogP contribution in [0, 0.1) is 18.3 Å². The lowest BCUT2D eigenvalue weighted by atomic mass is 10.2. The van der Waals surface area contributed by atoms with Gasteiger partial charge in [0.25, 0.3) is 0 Å². The van der Waals surface area contributed by atoms with E-state index in [1.54, 1.807) is 12.3 Å². The lowest BCUT2D eigenvalue weighted by Gasteiger charge is -2.36. The van der Waals surface area contributed by atoms with Crippen molar-refractivity contribution in [2.45, 2.75) is 26.2 Å². The summed E-state index contributed by atoms with van der Waals surface area (Å²) in [5.41, 5.74) is 2.97. The van der Waals surface area contributed by atoms with Crippen molar-refractivity contribution in [3.63, 3.8) is 0 Å². The van der Waals surface area contributed by atoms with Crippen LogP contribution in [0.15, 0.2) is 12.3 Å². The van der Waals surface area contributed by atoms with Gasteiger partial charge in [-0.3, -0.25) is 0 Å². The molecule has 0 saturated carbocycles. The Morgan fingerprint density at radius 3 is 2.62 bits per heavy atom. The summed E-state index contributed by atoms with van der Waals surface area (Å²) < 4.78 is 0. The van der Waals surface area contributed by atoms with Crippen molar-refractivity contribution >= 4 is 11.8 Å². The Labute approximate surface area is 141 Å². The predicted molar refractivity (Wildman–Crippen MR) is 90.0 cm³/mol. The number of fused-ring (bicyclic) bond motifs is 1. The third kappa shape index (κ3) is 2.64. The quantitative estimate of drug-likeness (QED) is 0.823. The van der Waals surface area contributed by atoms with Crippen LogP contribution in [0.5, 0.6) is 0 Å². The summed E-state index contributed by atoms with van der Waals surface area (Å²) in [6, 6.07) is 3.70. The molecule has 4 rings (SSSR count). The van der Waals surface area contributed by atoms with Crippen LogP contribution in [0.2, 0.25) is 0 Å². The van der Waals surface area contributed by atoms with Crippen molar-refractivity contribution in [2.24, 2.45) is 0 Å². The average Bonchev–Trinajstić information content (AvgIpc) is 3.09. The molecule has 0 amide bonds. The number of rotatable bonds is 2. The normalized spacial score (nSPS) is 16.8. The van der Waals surface area contributed by atoms with E-state index < -0.39 is 0 Å². The Morgan fingerprint density at radius 2 is 1.83 bits per heavy atom. The Bertz CT molecular complexity index is 803. The van der Waals surface area contributed by atoms with Crippen molar-refractivity contribution < 1.29 is 0 Å². The highest BCUT2D eigenvalue weighted by atomic mass is 15.3. The fourth-order valence-electron chi connectivity index (χ4n) is 3.48. The molecule has 0 spiro atoms. The van der Waals surface area contributed by atoms with Crippen LogP contribution in [0.1, 0.15) is 29.2 Å². The number of aromatic nitrogens is 4. The van der Waals surface area contributed by atoms with Gasteiger partial charge >= 0.3 is 0 Å². The number of piperazine rings is 1. The van der Waals surface area contributed by atoms with Crippen molar-refractivity contribution in [1.82, 2.24) is 19.9 Å². The minimum atomic E-state index is 0.409. The number of nitrogens with zero attached hydrogens (tertiary/aromatic N) is 7. The van der Waals surface area contributed by atoms with Gasteiger partial charge in [0.2, 0.25) is 5.95 Å². The highest BCUT2D eigenvalue weighted by Gasteiger charge is 2.26. The Morgan fingerprint density at radius 1 is 1.04 bits per heavy atom. The first-order chi connectivity index (χ1) is 11.7. The number of hydrogen-bond donors (Lipinski definition) is 0. The summed E-state index contributed by atoms with van der Waals surface area (Å²) >= 11 is 0. The first kappa shape index (κ1) is 14.8. The van der Waals surface area contributed by atoms with Gasteiger partial charge in [0.05, 0.1) is 0 Å². The average molecular weight is 321 g/mol. The SMILES string of the molecule is Cc1nc2c(c(N3CCN(c4nccc(C#N)n4)CC3)n1)CCC2. The Balaban J connectivity index is 1.52. The molecule has 0 aromatic carbocycles. The molecule has 1 saturated heterocycles. The molecule has 2 aromatic rings. The maximum absolute atomic E-state index is 8.99. The summed E-state index contributed by atoms with van der Waals surface area (Å²) in [6.07, 6.45) is 4.97. The van der Waals surface area contributed by atoms with Crippen LogP contribution in [-0.2, 0) is 12.8 Å². The molecule has 3 heterocycles. The molecule has 1 aliphatic heterocycles. The summed E-state index contributed by atoms with van der Waals surface area (Å²) in [5.74, 6) is 2.61. The van der Waals surface area contributed by atoms with Gasteiger partial charge in [-0.2, -0.15) is 5.26 Å². The smallest absolute Gasteiger partial charge is 0.226 e. The highest BCUT2D eigenvalue weighted by molar-refractivity contribution is 5.52. The van der Waals surface area contributed by atoms with E-state index >= 15 is 0 Å². The lowest BCUT2D eigenvalue weighted by Crippen LogP contribution is -2.47. The number of hydrogen-bond acceptors (Lipinski definition) is 7. The topological polar surface area (TPSA) is 81.8 Å². The van der Waals surface area contributed by atoms with Crippen LogP contribution in [-0.4, -0.2) is 46.1 Å². The minimum absolute atomic E-state index is 0.409. The molecule has 1 aliphatic carbocycles. The third-order valence-corrected chi connectivity index (χ3v) is 4.64. The van der Waals surface area contributed by atoms with Gasteiger partial charge in [-0.05, 0) is 32.3 Å². The van der Waals surface area contributed by atoms with E-state index in [0.29, 0.717) is 11.6 Å². The molecule has 0 atom stereocenters. The third-order valence-electron chi connectivity index (χ3n) is 4.64. The monoisotopic (exact) mass is 321 g/mol. The number of aryl methyl sites for hydroxylation is 2. The van der Waals surface area contributed by atoms with Gasteiger partial charge in [-0.15, -0.1) is 0 Å². The molecule has 0 radical (unpaired) electrons. The van der Waals surface area contributed by atoms with Gasteiger partial charge in [-0.1, -0.05) is 0 Å². The van der Waals surface area contributed by atoms with Gasteiger partial charge in [0, 0.05) is 43.6 Å². The molecule has 0 bridgehead atoms. The van der Waals surface area contributed by atoms with E-state index in [-0.39, 0.29) is 0 Å². The molecule has 2 aliphatic rings. The molecule has 122 valence electrons. The van der Waals surface area contributed by atoms with Crippen molar-refractivity contribution in [3.05, 3.63) is 35.0 Å². The van der Waals surface area contributed by atoms with Crippen LogP contribution in [0.3, 0.4) is 0 Å². The molecule has 7 heteroatoms. The summed E-state index contributed by atoms with van der Waals surface area (Å²) in [4.78, 5) is 22.4. The summed E-state index contributed by atoms with van der Waals surface area (Å²) in [7, 11) is 0. The van der Waals surface area contributed by atoms with Gasteiger partial charge < -0.3 is 9.80 Å². The van der Waals surface area contributed by atoms with E-state index in [0.717, 1.165) is 50.7 Å². The van der Waals surface area contributed by atoms with Crippen LogP contribution in [0.4, 0.5) is 11.8 Å². The molecule has 1 fully saturated rings. The van der Waals surface area contributed by atoms with Gasteiger partial charge in [-0.25, -0.2) is 19.9 Å². The summed E-state index contributed by atoms with van der Waals surface area (Å²) in [6.45, 7) is 5.38. The van der Waals surface area contributed by atoms with E-state index in [1.165, 1.54) is 17.7 Å². The molecule has 0 unspecified atom stereocenters. The van der Waals surface area contributed by atoms with Crippen LogP contribution >= 0.6 is 0 Å². The van der Waals surface area contributed by atoms with Crippen LogP contribution < -0.4 is 9.80 Å². The van der Waals surface area contributed by atoms with Crippen molar-refractivity contribution in [2.75, 3.05) is 36.0 Å². The number of anilines is 2. The van der Waals surface area contributed by atoms with Crippen molar-refractivity contribution in [1.29, 1.82) is 5.26 Å². The first-order valence-corrected chi connectivity index (χ1v) is 8.34. The predicted octanol–water partition coefficient (Wildman–Crippen LogP) is 1.26. The largest absolute Gasteiger partial charge is 0.353 e. The zero-order valence-electron chi connectivity index (χ0n) is 13.7. The molecule has 0 N–H and O–H groups in total. The lowest BCUT2D eigenvalue weighted by molar-refractivity contribution is 0.630. The molecule has 24 heavy (non-hydrogen) atoms. The minimum Gasteiger partial charge on any atom is -0.353 e. The fourth-order valence-corrected chi connectivity index (χ4v) is 3.48. The Hall–Kier alpha value is -2.75. The van der Waals surface area contributed by atoms with Gasteiger partial charge in [0.15, 0.2) is 0 Å². The first-order valence-electron chi connectivity index (χ1n) is 8.34.